The molecule has 2 N–H and O–H groups in total. The van der Waals surface area contributed by atoms with Crippen LogP contribution in [0.3, 0.4) is 0 Å². The molecule has 0 bridgehead atoms. The summed E-state index contributed by atoms with van der Waals surface area (Å²) in [4.78, 5) is 25.8. The SMILES string of the molecule is CC1(O)CN(C(=O)C2CCc3c(sc4ncnc(Nc5ccc6nnsc6c5)c34)C2)C1. The van der Waals surface area contributed by atoms with E-state index in [-0.39, 0.29) is 11.8 Å². The molecule has 2 aliphatic rings. The Morgan fingerprint density at radius 1 is 1.32 bits per heavy atom. The highest BCUT2D eigenvalue weighted by atomic mass is 32.1. The fraction of sp³-hybridized carbons (Fsp3) is 0.381. The fourth-order valence-electron chi connectivity index (χ4n) is 4.60. The van der Waals surface area contributed by atoms with Gasteiger partial charge in [-0.3, -0.25) is 4.79 Å². The number of aromatic nitrogens is 4. The van der Waals surface area contributed by atoms with Gasteiger partial charge in [0.2, 0.25) is 5.91 Å². The third-order valence-corrected chi connectivity index (χ3v) is 7.93. The van der Waals surface area contributed by atoms with Gasteiger partial charge in [-0.1, -0.05) is 4.49 Å². The molecule has 0 spiro atoms. The third kappa shape index (κ3) is 3.26. The molecule has 8 nitrogen and oxygen atoms in total. The quantitative estimate of drug-likeness (QED) is 0.492. The fourth-order valence-corrected chi connectivity index (χ4v) is 6.46. The average molecular weight is 453 g/mol. The van der Waals surface area contributed by atoms with Crippen LogP contribution in [0.15, 0.2) is 24.5 Å². The maximum absolute atomic E-state index is 12.9. The van der Waals surface area contributed by atoms with Crippen LogP contribution in [0.5, 0.6) is 0 Å². The summed E-state index contributed by atoms with van der Waals surface area (Å²) in [6.45, 7) is 2.64. The number of likely N-dealkylation sites (tertiary alicyclic amines) is 1. The van der Waals surface area contributed by atoms with Gasteiger partial charge in [-0.15, -0.1) is 16.4 Å². The monoisotopic (exact) mass is 452 g/mol. The molecule has 1 aliphatic heterocycles. The predicted octanol–water partition coefficient (Wildman–Crippen LogP) is 3.14. The van der Waals surface area contributed by atoms with Crippen molar-refractivity contribution in [1.82, 2.24) is 24.5 Å². The largest absolute Gasteiger partial charge is 0.386 e. The van der Waals surface area contributed by atoms with E-state index < -0.39 is 5.60 Å². The first kappa shape index (κ1) is 19.0. The number of hydrogen-bond donors (Lipinski definition) is 2. The molecular weight excluding hydrogens is 432 g/mol. The number of carbonyl (C=O) groups excluding carboxylic acids is 1. The Labute approximate surface area is 186 Å². The third-order valence-electron chi connectivity index (χ3n) is 6.08. The summed E-state index contributed by atoms with van der Waals surface area (Å²) < 4.78 is 5.02. The lowest BCUT2D eigenvalue weighted by Gasteiger charge is -2.45. The van der Waals surface area contributed by atoms with Crippen molar-refractivity contribution >= 4 is 60.7 Å². The minimum Gasteiger partial charge on any atom is -0.386 e. The van der Waals surface area contributed by atoms with Crippen LogP contribution in [0.4, 0.5) is 11.5 Å². The number of carbonyl (C=O) groups is 1. The van der Waals surface area contributed by atoms with Crippen molar-refractivity contribution in [2.45, 2.75) is 31.8 Å². The van der Waals surface area contributed by atoms with Crippen LogP contribution in [0.2, 0.25) is 0 Å². The molecule has 158 valence electrons. The van der Waals surface area contributed by atoms with Crippen molar-refractivity contribution in [2.24, 2.45) is 5.92 Å². The summed E-state index contributed by atoms with van der Waals surface area (Å²) in [5.74, 6) is 0.927. The van der Waals surface area contributed by atoms with Crippen LogP contribution in [0.25, 0.3) is 20.4 Å². The van der Waals surface area contributed by atoms with Gasteiger partial charge in [0.1, 0.15) is 22.5 Å². The van der Waals surface area contributed by atoms with Crippen molar-refractivity contribution in [1.29, 1.82) is 0 Å². The molecule has 4 heterocycles. The molecule has 1 atom stereocenters. The molecule has 6 rings (SSSR count). The van der Waals surface area contributed by atoms with Gasteiger partial charge in [0, 0.05) is 16.5 Å². The first-order chi connectivity index (χ1) is 15.0. The Morgan fingerprint density at radius 2 is 2.19 bits per heavy atom. The number of nitrogens with zero attached hydrogens (tertiary/aromatic N) is 5. The maximum Gasteiger partial charge on any atom is 0.226 e. The summed E-state index contributed by atoms with van der Waals surface area (Å²) in [7, 11) is 0. The van der Waals surface area contributed by atoms with E-state index in [9.17, 15) is 9.90 Å². The number of benzene rings is 1. The Morgan fingerprint density at radius 3 is 3.03 bits per heavy atom. The minimum atomic E-state index is -0.735. The number of aryl methyl sites for hydroxylation is 1. The van der Waals surface area contributed by atoms with Crippen LogP contribution < -0.4 is 5.32 Å². The summed E-state index contributed by atoms with van der Waals surface area (Å²) >= 11 is 3.03. The van der Waals surface area contributed by atoms with Gasteiger partial charge in [0.25, 0.3) is 0 Å². The number of rotatable bonds is 3. The summed E-state index contributed by atoms with van der Waals surface area (Å²) in [6.07, 6.45) is 3.95. The number of thiophene rings is 1. The lowest BCUT2D eigenvalue weighted by Crippen LogP contribution is -2.63. The smallest absolute Gasteiger partial charge is 0.226 e. The van der Waals surface area contributed by atoms with E-state index in [0.717, 1.165) is 51.2 Å². The molecule has 10 heteroatoms. The van der Waals surface area contributed by atoms with Crippen LogP contribution in [-0.4, -0.2) is 54.2 Å². The highest BCUT2D eigenvalue weighted by Crippen LogP contribution is 2.41. The van der Waals surface area contributed by atoms with Crippen molar-refractivity contribution in [3.8, 4) is 0 Å². The zero-order valence-electron chi connectivity index (χ0n) is 16.8. The highest BCUT2D eigenvalue weighted by molar-refractivity contribution is 7.19. The average Bonchev–Trinajstić information content (AvgIpc) is 3.35. The molecule has 1 amide bonds. The Hall–Kier alpha value is -2.69. The van der Waals surface area contributed by atoms with Crippen LogP contribution in [-0.2, 0) is 17.6 Å². The van der Waals surface area contributed by atoms with E-state index in [0.29, 0.717) is 13.1 Å². The van der Waals surface area contributed by atoms with E-state index in [1.807, 2.05) is 18.2 Å². The molecule has 1 aromatic carbocycles. The summed E-state index contributed by atoms with van der Waals surface area (Å²) in [6, 6.07) is 5.96. The first-order valence-electron chi connectivity index (χ1n) is 10.2. The van der Waals surface area contributed by atoms with E-state index in [1.54, 1.807) is 29.5 Å². The highest BCUT2D eigenvalue weighted by Gasteiger charge is 2.42. The second kappa shape index (κ2) is 6.91. The topological polar surface area (TPSA) is 104 Å². The number of aliphatic hydroxyl groups is 1. The number of nitrogens with one attached hydrogen (secondary N) is 1. The van der Waals surface area contributed by atoms with Crippen LogP contribution in [0, 0.1) is 5.92 Å². The van der Waals surface area contributed by atoms with Gasteiger partial charge >= 0.3 is 0 Å². The molecule has 4 aromatic rings. The lowest BCUT2D eigenvalue weighted by molar-refractivity contribution is -0.156. The Kier molecular flexibility index (Phi) is 4.24. The molecule has 1 fully saturated rings. The predicted molar refractivity (Wildman–Crippen MR) is 121 cm³/mol. The van der Waals surface area contributed by atoms with E-state index in [4.69, 9.17) is 0 Å². The Balaban J connectivity index is 1.29. The van der Waals surface area contributed by atoms with Gasteiger partial charge in [0.05, 0.1) is 28.8 Å². The van der Waals surface area contributed by atoms with Gasteiger partial charge in [-0.05, 0) is 61.5 Å². The van der Waals surface area contributed by atoms with Crippen molar-refractivity contribution in [3.63, 3.8) is 0 Å². The van der Waals surface area contributed by atoms with Crippen molar-refractivity contribution in [3.05, 3.63) is 35.0 Å². The molecule has 1 saturated heterocycles. The van der Waals surface area contributed by atoms with Gasteiger partial charge < -0.3 is 15.3 Å². The minimum absolute atomic E-state index is 0.0257. The number of amides is 1. The van der Waals surface area contributed by atoms with E-state index in [1.165, 1.54) is 22.0 Å². The normalized spacial score (nSPS) is 19.9. The first-order valence-corrected chi connectivity index (χ1v) is 11.8. The number of anilines is 2. The summed E-state index contributed by atoms with van der Waals surface area (Å²) in [5, 5.41) is 18.6. The van der Waals surface area contributed by atoms with Crippen molar-refractivity contribution < 1.29 is 9.90 Å². The molecule has 31 heavy (non-hydrogen) atoms. The zero-order chi connectivity index (χ0) is 21.2. The van der Waals surface area contributed by atoms with Crippen molar-refractivity contribution in [2.75, 3.05) is 18.4 Å². The van der Waals surface area contributed by atoms with Crippen LogP contribution in [0.1, 0.15) is 23.8 Å². The molecular formula is C21H20N6O2S2. The summed E-state index contributed by atoms with van der Waals surface area (Å²) in [5.41, 5.74) is 2.34. The van der Waals surface area contributed by atoms with E-state index >= 15 is 0 Å². The molecule has 1 unspecified atom stereocenters. The van der Waals surface area contributed by atoms with Gasteiger partial charge in [-0.25, -0.2) is 9.97 Å². The lowest BCUT2D eigenvalue weighted by atomic mass is 9.85. The second-order valence-electron chi connectivity index (χ2n) is 8.62. The molecule has 1 aliphatic carbocycles. The molecule has 3 aromatic heterocycles. The maximum atomic E-state index is 12.9. The number of hydrogen-bond acceptors (Lipinski definition) is 9. The molecule has 0 saturated carbocycles. The van der Waals surface area contributed by atoms with Gasteiger partial charge in [0.15, 0.2) is 0 Å². The number of β-amino-alcohol motifs (C(OH)–C–C–N with tert-alkyl or cyclic N) is 1. The Bertz CT molecular complexity index is 1320. The van der Waals surface area contributed by atoms with Gasteiger partial charge in [-0.2, -0.15) is 0 Å². The zero-order valence-corrected chi connectivity index (χ0v) is 18.5. The second-order valence-corrected chi connectivity index (χ2v) is 10.5. The van der Waals surface area contributed by atoms with Crippen LogP contribution >= 0.6 is 22.9 Å². The number of fused-ring (bicyclic) bond motifs is 4. The molecule has 0 radical (unpaired) electrons. The standard InChI is InChI=1S/C21H20N6O2S2/c1-21(29)8-27(9-21)20(28)11-2-4-13-15(6-11)30-19-17(13)18(22-10-23-19)24-12-3-5-14-16(7-12)31-26-25-14/h3,5,7,10-11,29H,2,4,6,8-9H2,1H3,(H,22,23,24). The van der Waals surface area contributed by atoms with E-state index in [2.05, 4.69) is 24.9 Å².